The van der Waals surface area contributed by atoms with Crippen molar-refractivity contribution in [2.75, 3.05) is 25.6 Å². The molecule has 0 spiro atoms. The minimum absolute atomic E-state index is 0.00470. The summed E-state index contributed by atoms with van der Waals surface area (Å²) in [4.78, 5) is 38.3. The number of carbonyl (C=O) groups excluding carboxylic acids is 3. The zero-order valence-electron chi connectivity index (χ0n) is 17.1. The first kappa shape index (κ1) is 20.4. The maximum atomic E-state index is 12.9. The van der Waals surface area contributed by atoms with E-state index >= 15 is 0 Å². The fraction of sp³-hybridized carbons (Fsp3) is 0.381. The van der Waals surface area contributed by atoms with Crippen molar-refractivity contribution in [2.45, 2.75) is 25.8 Å². The molecule has 31 heavy (non-hydrogen) atoms. The maximum Gasteiger partial charge on any atom is 0.411 e. The van der Waals surface area contributed by atoms with E-state index in [0.29, 0.717) is 41.3 Å². The highest BCUT2D eigenvalue weighted by Gasteiger charge is 2.29. The monoisotopic (exact) mass is 422 g/mol. The average molecular weight is 422 g/mol. The third kappa shape index (κ3) is 4.07. The number of nitriles is 1. The number of methoxy groups -OCH3 is 1. The third-order valence-electron chi connectivity index (χ3n) is 5.63. The Morgan fingerprint density at radius 1 is 1.29 bits per heavy atom. The molecule has 2 heterocycles. The van der Waals surface area contributed by atoms with Gasteiger partial charge >= 0.3 is 6.09 Å². The largest absolute Gasteiger partial charge is 0.453 e. The summed E-state index contributed by atoms with van der Waals surface area (Å²) in [5.74, 6) is -0.168. The topological polar surface area (TPSA) is 129 Å². The number of rotatable bonds is 5. The molecule has 0 bridgehead atoms. The zero-order valence-corrected chi connectivity index (χ0v) is 17.1. The molecular formula is C21H22N6O4. The predicted octanol–water partition coefficient (Wildman–Crippen LogP) is 1.93. The van der Waals surface area contributed by atoms with Gasteiger partial charge in [-0.25, -0.2) is 4.79 Å². The van der Waals surface area contributed by atoms with Gasteiger partial charge in [-0.3, -0.25) is 19.6 Å². The Bertz CT molecular complexity index is 1080. The first-order valence-electron chi connectivity index (χ1n) is 10.0. The first-order chi connectivity index (χ1) is 15.0. The fourth-order valence-corrected chi connectivity index (χ4v) is 3.61. The van der Waals surface area contributed by atoms with Gasteiger partial charge in [0.25, 0.3) is 5.91 Å². The molecule has 1 aliphatic carbocycles. The van der Waals surface area contributed by atoms with Crippen LogP contribution in [0.5, 0.6) is 0 Å². The van der Waals surface area contributed by atoms with Crippen LogP contribution in [0.2, 0.25) is 0 Å². The fourth-order valence-electron chi connectivity index (χ4n) is 3.61. The van der Waals surface area contributed by atoms with Crippen LogP contribution in [0.4, 0.5) is 10.5 Å². The van der Waals surface area contributed by atoms with Gasteiger partial charge in [0.1, 0.15) is 5.69 Å². The first-order valence-corrected chi connectivity index (χ1v) is 10.0. The molecule has 0 saturated heterocycles. The van der Waals surface area contributed by atoms with Gasteiger partial charge in [-0.05, 0) is 37.1 Å². The number of nitrogens with one attached hydrogen (secondary N) is 2. The number of hydrogen-bond acceptors (Lipinski definition) is 6. The summed E-state index contributed by atoms with van der Waals surface area (Å²) < 4.78 is 6.27. The van der Waals surface area contributed by atoms with Gasteiger partial charge in [0.05, 0.1) is 43.3 Å². The van der Waals surface area contributed by atoms with Gasteiger partial charge in [0.15, 0.2) is 0 Å². The summed E-state index contributed by atoms with van der Waals surface area (Å²) in [5.41, 5.74) is 2.16. The molecule has 0 atom stereocenters. The summed E-state index contributed by atoms with van der Waals surface area (Å²) in [6.45, 7) is 1.08. The van der Waals surface area contributed by atoms with Crippen LogP contribution in [0.25, 0.3) is 11.3 Å². The Balaban J connectivity index is 1.55. The second kappa shape index (κ2) is 8.47. The molecule has 0 radical (unpaired) electrons. The molecule has 1 aromatic heterocycles. The zero-order chi connectivity index (χ0) is 22.0. The van der Waals surface area contributed by atoms with Crippen LogP contribution in [-0.4, -0.2) is 52.9 Å². The molecule has 2 N–H and O–H groups in total. The lowest BCUT2D eigenvalue weighted by Crippen LogP contribution is -2.48. The Kier molecular flexibility index (Phi) is 5.58. The smallest absolute Gasteiger partial charge is 0.411 e. The van der Waals surface area contributed by atoms with Gasteiger partial charge in [-0.1, -0.05) is 6.42 Å². The number of hydrogen-bond donors (Lipinski definition) is 2. The number of fused-ring (bicyclic) bond motifs is 1. The quantitative estimate of drug-likeness (QED) is 0.757. The maximum absolute atomic E-state index is 12.9. The molecule has 1 aromatic carbocycles. The molecule has 1 saturated carbocycles. The lowest BCUT2D eigenvalue weighted by atomic mass is 9.85. The van der Waals surface area contributed by atoms with Crippen LogP contribution in [0.3, 0.4) is 0 Å². The van der Waals surface area contributed by atoms with Crippen LogP contribution in [0.15, 0.2) is 24.3 Å². The van der Waals surface area contributed by atoms with E-state index in [2.05, 4.69) is 20.5 Å². The molecule has 10 nitrogen and oxygen atoms in total. The molecule has 0 unspecified atom stereocenters. The number of carbonyl (C=O) groups is 3. The lowest BCUT2D eigenvalue weighted by molar-refractivity contribution is -0.127. The van der Waals surface area contributed by atoms with E-state index in [1.807, 2.05) is 6.07 Å². The number of nitrogens with zero attached hydrogens (tertiary/aromatic N) is 4. The molecular weight excluding hydrogens is 400 g/mol. The van der Waals surface area contributed by atoms with Crippen LogP contribution in [0, 0.1) is 17.2 Å². The minimum Gasteiger partial charge on any atom is -0.453 e. The highest BCUT2D eigenvalue weighted by molar-refractivity contribution is 5.96. The van der Waals surface area contributed by atoms with Crippen molar-refractivity contribution in [3.05, 3.63) is 35.5 Å². The predicted molar refractivity (Wildman–Crippen MR) is 110 cm³/mol. The number of aromatic nitrogens is 2. The van der Waals surface area contributed by atoms with Crippen molar-refractivity contribution in [1.82, 2.24) is 20.0 Å². The van der Waals surface area contributed by atoms with Gasteiger partial charge < -0.3 is 15.0 Å². The van der Waals surface area contributed by atoms with Gasteiger partial charge in [0, 0.05) is 18.0 Å². The summed E-state index contributed by atoms with van der Waals surface area (Å²) in [6, 6.07) is 8.47. The van der Waals surface area contributed by atoms with Gasteiger partial charge in [-0.2, -0.15) is 10.4 Å². The van der Waals surface area contributed by atoms with Crippen molar-refractivity contribution in [3.63, 3.8) is 0 Å². The van der Waals surface area contributed by atoms with E-state index in [0.717, 1.165) is 19.3 Å². The van der Waals surface area contributed by atoms with E-state index in [1.54, 1.807) is 27.8 Å². The highest BCUT2D eigenvalue weighted by atomic mass is 16.5. The SMILES string of the molecule is COC(=O)Nc1cc(C#N)ccc1-c1cc2n(n1)CCN(CNC(=O)C1CCC1)C2=O. The Hall–Kier alpha value is -3.87. The third-order valence-corrected chi connectivity index (χ3v) is 5.63. The Morgan fingerprint density at radius 2 is 2.10 bits per heavy atom. The summed E-state index contributed by atoms with van der Waals surface area (Å²) in [6.07, 6.45) is 2.21. The van der Waals surface area contributed by atoms with Crippen LogP contribution >= 0.6 is 0 Å². The van der Waals surface area contributed by atoms with Gasteiger partial charge in [0.2, 0.25) is 5.91 Å². The summed E-state index contributed by atoms with van der Waals surface area (Å²) in [7, 11) is 1.25. The van der Waals surface area contributed by atoms with Crippen molar-refractivity contribution in [1.29, 1.82) is 5.26 Å². The van der Waals surface area contributed by atoms with Crippen molar-refractivity contribution in [2.24, 2.45) is 5.92 Å². The summed E-state index contributed by atoms with van der Waals surface area (Å²) in [5, 5.41) is 19.1. The van der Waals surface area contributed by atoms with Crippen LogP contribution < -0.4 is 10.6 Å². The molecule has 3 amide bonds. The Labute approximate surface area is 178 Å². The number of anilines is 1. The second-order valence-electron chi connectivity index (χ2n) is 7.52. The number of benzene rings is 1. The summed E-state index contributed by atoms with van der Waals surface area (Å²) >= 11 is 0. The molecule has 2 aromatic rings. The second-order valence-corrected chi connectivity index (χ2v) is 7.52. The minimum atomic E-state index is -0.676. The van der Waals surface area contributed by atoms with E-state index in [1.165, 1.54) is 13.2 Å². The van der Waals surface area contributed by atoms with E-state index in [-0.39, 0.29) is 24.4 Å². The lowest BCUT2D eigenvalue weighted by Gasteiger charge is -2.29. The molecule has 1 fully saturated rings. The molecule has 2 aliphatic rings. The van der Waals surface area contributed by atoms with Crippen molar-refractivity contribution >= 4 is 23.6 Å². The van der Waals surface area contributed by atoms with E-state index < -0.39 is 6.09 Å². The Morgan fingerprint density at radius 3 is 2.77 bits per heavy atom. The van der Waals surface area contributed by atoms with E-state index in [4.69, 9.17) is 5.26 Å². The highest BCUT2D eigenvalue weighted by Crippen LogP contribution is 2.30. The van der Waals surface area contributed by atoms with Crippen LogP contribution in [-0.2, 0) is 16.1 Å². The molecule has 160 valence electrons. The van der Waals surface area contributed by atoms with E-state index in [9.17, 15) is 14.4 Å². The average Bonchev–Trinajstić information content (AvgIpc) is 3.16. The van der Waals surface area contributed by atoms with Crippen LogP contribution in [0.1, 0.15) is 35.3 Å². The number of ether oxygens (including phenoxy) is 1. The normalized spacial score (nSPS) is 15.5. The standard InChI is InChI=1S/C21H22N6O4/c1-31-21(30)24-16-9-13(11-22)5-6-15(16)17-10-18-20(29)26(7-8-27(18)25-17)12-23-19(28)14-3-2-4-14/h5-6,9-10,14H,2-4,7-8,12H2,1H3,(H,23,28)(H,24,30). The molecule has 1 aliphatic heterocycles. The van der Waals surface area contributed by atoms with Gasteiger partial charge in [-0.15, -0.1) is 0 Å². The van der Waals surface area contributed by atoms with Crippen molar-refractivity contribution in [3.8, 4) is 17.3 Å². The molecule has 10 heteroatoms. The number of amides is 3. The molecule has 4 rings (SSSR count). The van der Waals surface area contributed by atoms with Crippen molar-refractivity contribution < 1.29 is 19.1 Å².